The van der Waals surface area contributed by atoms with Crippen molar-refractivity contribution in [2.45, 2.75) is 20.8 Å². The third-order valence-corrected chi connectivity index (χ3v) is 13.0. The van der Waals surface area contributed by atoms with Crippen LogP contribution in [0.15, 0.2) is 212 Å². The fourth-order valence-electron chi connectivity index (χ4n) is 9.82. The van der Waals surface area contributed by atoms with Gasteiger partial charge in [0.2, 0.25) is 0 Å². The summed E-state index contributed by atoms with van der Waals surface area (Å²) in [5.74, 6) is 0.731. The first-order valence-corrected chi connectivity index (χ1v) is 22.3. The summed E-state index contributed by atoms with van der Waals surface area (Å²) in [5, 5.41) is 5.01. The molecular weight excluding hydrogens is 789 g/mol. The van der Waals surface area contributed by atoms with Gasteiger partial charge in [0.15, 0.2) is 5.82 Å². The number of nitrogens with zero attached hydrogens (tertiary/aromatic N) is 4. The molecule has 4 nitrogen and oxygen atoms in total. The maximum atomic E-state index is 5.14. The fraction of sp³-hybridized carbons (Fsp3) is 0.0492. The summed E-state index contributed by atoms with van der Waals surface area (Å²) in [6.07, 6.45) is 0. The molecule has 3 aromatic heterocycles. The molecule has 3 heterocycles. The smallest absolute Gasteiger partial charge is 0.160 e. The van der Waals surface area contributed by atoms with E-state index in [1.54, 1.807) is 0 Å². The number of aryl methyl sites for hydroxylation is 3. The first-order chi connectivity index (χ1) is 31.9. The zero-order chi connectivity index (χ0) is 43.6. The SMILES string of the molecule is Cc1cccc(-c2cc(-c3ccc(-c4ccc(-c5ccc(-n6c7ccccc7c7cc(-n8c9ccccc9c9ccccc98)ccc76)cc5)cc4)cc3C)nc(-c3cccc(C)c3)n2)c1. The third kappa shape index (κ3) is 6.70. The Balaban J connectivity index is 0.847. The second-order valence-corrected chi connectivity index (χ2v) is 17.3. The van der Waals surface area contributed by atoms with Gasteiger partial charge in [-0.3, -0.25) is 0 Å². The molecule has 4 heteroatoms. The van der Waals surface area contributed by atoms with Crippen molar-refractivity contribution in [1.82, 2.24) is 19.1 Å². The van der Waals surface area contributed by atoms with Gasteiger partial charge >= 0.3 is 0 Å². The van der Waals surface area contributed by atoms with E-state index in [0.717, 1.165) is 45.3 Å². The Kier molecular flexibility index (Phi) is 9.13. The van der Waals surface area contributed by atoms with Crippen molar-refractivity contribution in [1.29, 1.82) is 0 Å². The monoisotopic (exact) mass is 832 g/mol. The van der Waals surface area contributed by atoms with E-state index in [9.17, 15) is 0 Å². The molecule has 0 aliphatic carbocycles. The number of aromatic nitrogens is 4. The van der Waals surface area contributed by atoms with Crippen LogP contribution in [0.2, 0.25) is 0 Å². The van der Waals surface area contributed by atoms with Crippen LogP contribution in [0.5, 0.6) is 0 Å². The zero-order valence-corrected chi connectivity index (χ0v) is 36.5. The van der Waals surface area contributed by atoms with Crippen LogP contribution in [-0.4, -0.2) is 19.1 Å². The lowest BCUT2D eigenvalue weighted by molar-refractivity contribution is 1.17. The van der Waals surface area contributed by atoms with Crippen molar-refractivity contribution >= 4 is 43.6 Å². The second kappa shape index (κ2) is 15.5. The highest BCUT2D eigenvalue weighted by molar-refractivity contribution is 6.12. The molecule has 0 radical (unpaired) electrons. The summed E-state index contributed by atoms with van der Waals surface area (Å²) < 4.78 is 4.80. The van der Waals surface area contributed by atoms with Gasteiger partial charge in [-0.2, -0.15) is 0 Å². The Morgan fingerprint density at radius 1 is 0.308 bits per heavy atom. The molecule has 308 valence electrons. The minimum absolute atomic E-state index is 0.731. The van der Waals surface area contributed by atoms with Gasteiger partial charge in [-0.25, -0.2) is 9.97 Å². The highest BCUT2D eigenvalue weighted by Gasteiger charge is 2.17. The van der Waals surface area contributed by atoms with Crippen LogP contribution in [0.3, 0.4) is 0 Å². The molecule has 0 unspecified atom stereocenters. The lowest BCUT2D eigenvalue weighted by Crippen LogP contribution is -1.97. The van der Waals surface area contributed by atoms with Crippen LogP contribution in [0.1, 0.15) is 16.7 Å². The second-order valence-electron chi connectivity index (χ2n) is 17.3. The molecular formula is C61H44N4. The van der Waals surface area contributed by atoms with Gasteiger partial charge in [-0.1, -0.05) is 157 Å². The first-order valence-electron chi connectivity index (χ1n) is 22.3. The predicted molar refractivity (Wildman–Crippen MR) is 272 cm³/mol. The largest absolute Gasteiger partial charge is 0.309 e. The van der Waals surface area contributed by atoms with Crippen molar-refractivity contribution in [3.8, 4) is 67.5 Å². The van der Waals surface area contributed by atoms with E-state index >= 15 is 0 Å². The van der Waals surface area contributed by atoms with Gasteiger partial charge in [-0.05, 0) is 115 Å². The van der Waals surface area contributed by atoms with Crippen molar-refractivity contribution in [2.75, 3.05) is 0 Å². The maximum Gasteiger partial charge on any atom is 0.160 e. The highest BCUT2D eigenvalue weighted by atomic mass is 15.0. The molecule has 0 aliphatic heterocycles. The number of para-hydroxylation sites is 3. The Labute approximate surface area is 378 Å². The minimum atomic E-state index is 0.731. The molecule has 0 N–H and O–H groups in total. The predicted octanol–water partition coefficient (Wildman–Crippen LogP) is 15.9. The molecule has 0 saturated carbocycles. The molecule has 12 rings (SSSR count). The molecule has 0 saturated heterocycles. The van der Waals surface area contributed by atoms with E-state index in [-0.39, 0.29) is 0 Å². The molecule has 9 aromatic carbocycles. The molecule has 12 aromatic rings. The molecule has 0 amide bonds. The Morgan fingerprint density at radius 2 is 0.785 bits per heavy atom. The van der Waals surface area contributed by atoms with Crippen LogP contribution in [-0.2, 0) is 0 Å². The Hall–Kier alpha value is -8.34. The molecule has 0 spiro atoms. The summed E-state index contributed by atoms with van der Waals surface area (Å²) in [6.45, 7) is 6.41. The van der Waals surface area contributed by atoms with Crippen molar-refractivity contribution in [3.63, 3.8) is 0 Å². The van der Waals surface area contributed by atoms with E-state index in [4.69, 9.17) is 9.97 Å². The maximum absolute atomic E-state index is 5.14. The summed E-state index contributed by atoms with van der Waals surface area (Å²) in [5.41, 5.74) is 20.4. The molecule has 0 fully saturated rings. The van der Waals surface area contributed by atoms with Crippen molar-refractivity contribution in [2.24, 2.45) is 0 Å². The van der Waals surface area contributed by atoms with Crippen LogP contribution in [0.25, 0.3) is 111 Å². The quantitative estimate of drug-likeness (QED) is 0.160. The van der Waals surface area contributed by atoms with E-state index in [2.05, 4.69) is 242 Å². The van der Waals surface area contributed by atoms with Gasteiger partial charge in [-0.15, -0.1) is 0 Å². The van der Waals surface area contributed by atoms with E-state index in [0.29, 0.717) is 0 Å². The molecule has 65 heavy (non-hydrogen) atoms. The number of fused-ring (bicyclic) bond motifs is 6. The van der Waals surface area contributed by atoms with Gasteiger partial charge in [0, 0.05) is 49.6 Å². The number of rotatable bonds is 7. The lowest BCUT2D eigenvalue weighted by Gasteiger charge is -2.13. The lowest BCUT2D eigenvalue weighted by atomic mass is 9.96. The summed E-state index contributed by atoms with van der Waals surface area (Å²) in [6, 6.07) is 76.8. The van der Waals surface area contributed by atoms with E-state index in [1.807, 2.05) is 0 Å². The van der Waals surface area contributed by atoms with Crippen LogP contribution < -0.4 is 0 Å². The summed E-state index contributed by atoms with van der Waals surface area (Å²) >= 11 is 0. The van der Waals surface area contributed by atoms with Gasteiger partial charge in [0.25, 0.3) is 0 Å². The topological polar surface area (TPSA) is 35.6 Å². The van der Waals surface area contributed by atoms with Crippen LogP contribution >= 0.6 is 0 Å². The molecule has 0 atom stereocenters. The zero-order valence-electron chi connectivity index (χ0n) is 36.5. The van der Waals surface area contributed by atoms with E-state index in [1.165, 1.54) is 82.6 Å². The Morgan fingerprint density at radius 3 is 1.40 bits per heavy atom. The van der Waals surface area contributed by atoms with Crippen molar-refractivity contribution < 1.29 is 0 Å². The number of benzene rings is 9. The average Bonchev–Trinajstić information content (AvgIpc) is 3.86. The molecule has 0 aliphatic rings. The first kappa shape index (κ1) is 38.3. The van der Waals surface area contributed by atoms with E-state index < -0.39 is 0 Å². The minimum Gasteiger partial charge on any atom is -0.309 e. The van der Waals surface area contributed by atoms with Gasteiger partial charge in [0.1, 0.15) is 0 Å². The standard InChI is InChI=1S/C61H44N4/c1-39-12-10-14-46(34-39)55-38-56(63-61(62-55)47-15-11-13-40(2)35-47)50-32-28-45(36-41(50)3)44-24-22-42(23-25-44)43-26-29-48(30-27-43)64-59-21-9-6-18-53(59)54-37-49(31-33-60(54)64)65-57-19-7-4-16-51(57)52-17-5-8-20-58(52)65/h4-38H,1-3H3. The fourth-order valence-corrected chi connectivity index (χ4v) is 9.82. The Bertz CT molecular complexity index is 3680. The average molecular weight is 833 g/mol. The number of hydrogen-bond donors (Lipinski definition) is 0. The highest BCUT2D eigenvalue weighted by Crippen LogP contribution is 2.38. The van der Waals surface area contributed by atoms with Crippen LogP contribution in [0, 0.1) is 20.8 Å². The normalized spacial score (nSPS) is 11.6. The van der Waals surface area contributed by atoms with Gasteiger partial charge in [0.05, 0.1) is 33.5 Å². The summed E-state index contributed by atoms with van der Waals surface area (Å²) in [4.78, 5) is 10.2. The number of hydrogen-bond acceptors (Lipinski definition) is 2. The summed E-state index contributed by atoms with van der Waals surface area (Å²) in [7, 11) is 0. The van der Waals surface area contributed by atoms with Crippen molar-refractivity contribution in [3.05, 3.63) is 229 Å². The van der Waals surface area contributed by atoms with Gasteiger partial charge < -0.3 is 9.13 Å². The third-order valence-electron chi connectivity index (χ3n) is 13.0. The van der Waals surface area contributed by atoms with Crippen LogP contribution in [0.4, 0.5) is 0 Å². The molecule has 0 bridgehead atoms.